The lowest BCUT2D eigenvalue weighted by Crippen LogP contribution is -2.24. The van der Waals surface area contributed by atoms with Crippen LogP contribution in [0.5, 0.6) is 0 Å². The number of fused-ring (bicyclic) bond motifs is 3. The number of thioether (sulfide) groups is 1. The van der Waals surface area contributed by atoms with Gasteiger partial charge in [-0.2, -0.15) is 0 Å². The molecule has 0 radical (unpaired) electrons. The van der Waals surface area contributed by atoms with Crippen molar-refractivity contribution in [2.24, 2.45) is 0 Å². The fourth-order valence-corrected chi connectivity index (χ4v) is 4.06. The Kier molecular flexibility index (Phi) is 4.81. The number of anilines is 1. The number of hydrogen-bond donors (Lipinski definition) is 1. The number of carbonyl (C=O) groups excluding carboxylic acids is 1. The van der Waals surface area contributed by atoms with Crippen molar-refractivity contribution in [3.8, 4) is 0 Å². The summed E-state index contributed by atoms with van der Waals surface area (Å²) >= 11 is 1.45. The summed E-state index contributed by atoms with van der Waals surface area (Å²) in [5.41, 5.74) is 3.75. The Labute approximate surface area is 161 Å². The Hall–Kier alpha value is -2.86. The van der Waals surface area contributed by atoms with Crippen LogP contribution >= 0.6 is 11.8 Å². The maximum Gasteiger partial charge on any atom is 0.237 e. The predicted molar refractivity (Wildman–Crippen MR) is 110 cm³/mol. The number of pyridine rings is 1. The molecule has 1 amide bonds. The third-order valence-electron chi connectivity index (χ3n) is 4.44. The minimum atomic E-state index is -0.253. The lowest BCUT2D eigenvalue weighted by atomic mass is 10.2. The Morgan fingerprint density at radius 2 is 1.96 bits per heavy atom. The van der Waals surface area contributed by atoms with Crippen LogP contribution in [0.2, 0.25) is 0 Å². The van der Waals surface area contributed by atoms with Crippen LogP contribution in [-0.2, 0) is 4.79 Å². The molecule has 0 spiro atoms. The summed E-state index contributed by atoms with van der Waals surface area (Å²) < 4.78 is 2.02. The Balaban J connectivity index is 1.63. The lowest BCUT2D eigenvalue weighted by Gasteiger charge is -2.14. The van der Waals surface area contributed by atoms with Gasteiger partial charge in [0.2, 0.25) is 5.91 Å². The van der Waals surface area contributed by atoms with Gasteiger partial charge in [-0.25, -0.2) is 0 Å². The second-order valence-corrected chi connectivity index (χ2v) is 7.61. The van der Waals surface area contributed by atoms with Gasteiger partial charge in [0.25, 0.3) is 0 Å². The number of nitrogens with zero attached hydrogens (tertiary/aromatic N) is 3. The van der Waals surface area contributed by atoms with Gasteiger partial charge in [0.1, 0.15) is 0 Å². The lowest BCUT2D eigenvalue weighted by molar-refractivity contribution is -0.115. The van der Waals surface area contributed by atoms with E-state index in [4.69, 9.17) is 0 Å². The molecular formula is C21H20N4OS. The highest BCUT2D eigenvalue weighted by Crippen LogP contribution is 2.28. The smallest absolute Gasteiger partial charge is 0.237 e. The Morgan fingerprint density at radius 1 is 1.11 bits per heavy atom. The predicted octanol–water partition coefficient (Wildman–Crippen LogP) is 4.70. The zero-order valence-corrected chi connectivity index (χ0v) is 16.0. The van der Waals surface area contributed by atoms with Crippen LogP contribution in [0.1, 0.15) is 18.9 Å². The molecule has 0 aliphatic rings. The minimum absolute atomic E-state index is 0.0231. The molecule has 2 aromatic heterocycles. The number of hydrogen-bond acceptors (Lipinski definition) is 4. The second-order valence-electron chi connectivity index (χ2n) is 6.44. The molecule has 0 saturated carbocycles. The SMILES string of the molecule is CCC(Sc1nnc2ccc3ccccc3n12)C(=O)Nc1cccc(C)c1. The zero-order chi connectivity index (χ0) is 18.8. The van der Waals surface area contributed by atoms with Gasteiger partial charge in [-0.1, -0.05) is 49.0 Å². The average Bonchev–Trinajstić information content (AvgIpc) is 3.09. The number of rotatable bonds is 5. The van der Waals surface area contributed by atoms with Gasteiger partial charge in [-0.3, -0.25) is 9.20 Å². The number of aryl methyl sites for hydroxylation is 1. The molecule has 2 aromatic carbocycles. The van der Waals surface area contributed by atoms with Crippen LogP contribution in [0.3, 0.4) is 0 Å². The highest BCUT2D eigenvalue weighted by molar-refractivity contribution is 8.00. The van der Waals surface area contributed by atoms with Crippen molar-refractivity contribution in [1.29, 1.82) is 0 Å². The molecule has 136 valence electrons. The number of carbonyl (C=O) groups is 1. The van der Waals surface area contributed by atoms with Crippen molar-refractivity contribution in [2.45, 2.75) is 30.7 Å². The van der Waals surface area contributed by atoms with Crippen LogP contribution in [-0.4, -0.2) is 25.8 Å². The fourth-order valence-electron chi connectivity index (χ4n) is 3.08. The van der Waals surface area contributed by atoms with Gasteiger partial charge in [-0.15, -0.1) is 10.2 Å². The van der Waals surface area contributed by atoms with E-state index in [0.717, 1.165) is 33.0 Å². The molecule has 4 aromatic rings. The number of aromatic nitrogens is 3. The van der Waals surface area contributed by atoms with Crippen LogP contribution in [0, 0.1) is 6.92 Å². The number of nitrogens with one attached hydrogen (secondary N) is 1. The molecule has 0 saturated heterocycles. The molecule has 1 unspecified atom stereocenters. The van der Waals surface area contributed by atoms with Crippen molar-refractivity contribution in [1.82, 2.24) is 14.6 Å². The second kappa shape index (κ2) is 7.40. The van der Waals surface area contributed by atoms with Gasteiger partial charge < -0.3 is 5.32 Å². The molecule has 1 atom stereocenters. The topological polar surface area (TPSA) is 59.3 Å². The molecule has 0 fully saturated rings. The molecule has 1 N–H and O–H groups in total. The van der Waals surface area contributed by atoms with E-state index in [9.17, 15) is 4.79 Å². The molecular weight excluding hydrogens is 356 g/mol. The molecule has 27 heavy (non-hydrogen) atoms. The van der Waals surface area contributed by atoms with Crippen molar-refractivity contribution in [2.75, 3.05) is 5.32 Å². The zero-order valence-electron chi connectivity index (χ0n) is 15.2. The largest absolute Gasteiger partial charge is 0.325 e. The van der Waals surface area contributed by atoms with Crippen molar-refractivity contribution >= 4 is 39.9 Å². The van der Waals surface area contributed by atoms with Crippen molar-refractivity contribution < 1.29 is 4.79 Å². The van der Waals surface area contributed by atoms with Crippen LogP contribution in [0.15, 0.2) is 65.8 Å². The Bertz CT molecular complexity index is 1120. The monoisotopic (exact) mass is 376 g/mol. The summed E-state index contributed by atoms with van der Waals surface area (Å²) in [6.07, 6.45) is 0.696. The molecule has 0 bridgehead atoms. The van der Waals surface area contributed by atoms with E-state index in [2.05, 4.69) is 21.6 Å². The van der Waals surface area contributed by atoms with Gasteiger partial charge in [0.05, 0.1) is 10.8 Å². The quantitative estimate of drug-likeness (QED) is 0.513. The third kappa shape index (κ3) is 3.53. The molecule has 6 heteroatoms. The van der Waals surface area contributed by atoms with E-state index < -0.39 is 0 Å². The Morgan fingerprint density at radius 3 is 2.78 bits per heavy atom. The van der Waals surface area contributed by atoms with Crippen LogP contribution in [0.25, 0.3) is 16.6 Å². The highest BCUT2D eigenvalue weighted by atomic mass is 32.2. The molecule has 0 aliphatic heterocycles. The molecule has 4 rings (SSSR count). The standard InChI is InChI=1S/C21H20N4OS/c1-3-18(20(26)22-16-9-6-7-14(2)13-16)27-21-24-23-19-12-11-15-8-4-5-10-17(15)25(19)21/h4-13,18H,3H2,1-2H3,(H,22,26). The summed E-state index contributed by atoms with van der Waals surface area (Å²) in [5.74, 6) is -0.0231. The summed E-state index contributed by atoms with van der Waals surface area (Å²) in [6.45, 7) is 4.02. The van der Waals surface area contributed by atoms with Crippen molar-refractivity contribution in [3.05, 3.63) is 66.2 Å². The summed E-state index contributed by atoms with van der Waals surface area (Å²) in [5, 5.41) is 13.2. The summed E-state index contributed by atoms with van der Waals surface area (Å²) in [4.78, 5) is 12.8. The number of amides is 1. The van der Waals surface area contributed by atoms with E-state index in [1.807, 2.05) is 72.8 Å². The first-order valence-electron chi connectivity index (χ1n) is 8.93. The highest BCUT2D eigenvalue weighted by Gasteiger charge is 2.21. The molecule has 2 heterocycles. The average molecular weight is 376 g/mol. The van der Waals surface area contributed by atoms with E-state index in [1.165, 1.54) is 11.8 Å². The van der Waals surface area contributed by atoms with Gasteiger partial charge in [0, 0.05) is 5.69 Å². The first-order valence-corrected chi connectivity index (χ1v) is 9.81. The minimum Gasteiger partial charge on any atom is -0.325 e. The summed E-state index contributed by atoms with van der Waals surface area (Å²) in [7, 11) is 0. The number of benzene rings is 2. The summed E-state index contributed by atoms with van der Waals surface area (Å²) in [6, 6.07) is 19.9. The van der Waals surface area contributed by atoms with Crippen molar-refractivity contribution in [3.63, 3.8) is 0 Å². The van der Waals surface area contributed by atoms with E-state index >= 15 is 0 Å². The maximum absolute atomic E-state index is 12.8. The van der Waals surface area contributed by atoms with Crippen LogP contribution in [0.4, 0.5) is 5.69 Å². The normalized spacial score (nSPS) is 12.4. The third-order valence-corrected chi connectivity index (χ3v) is 5.75. The maximum atomic E-state index is 12.8. The van der Waals surface area contributed by atoms with E-state index in [1.54, 1.807) is 0 Å². The molecule has 5 nitrogen and oxygen atoms in total. The van der Waals surface area contributed by atoms with Gasteiger partial charge >= 0.3 is 0 Å². The molecule has 0 aliphatic carbocycles. The van der Waals surface area contributed by atoms with Gasteiger partial charge in [-0.05, 0) is 54.6 Å². The first-order chi connectivity index (χ1) is 13.2. The first kappa shape index (κ1) is 17.5. The van der Waals surface area contributed by atoms with E-state index in [0.29, 0.717) is 6.42 Å². The van der Waals surface area contributed by atoms with E-state index in [-0.39, 0.29) is 11.2 Å². The van der Waals surface area contributed by atoms with Crippen LogP contribution < -0.4 is 5.32 Å². The van der Waals surface area contributed by atoms with Gasteiger partial charge in [0.15, 0.2) is 10.8 Å². The fraction of sp³-hybridized carbons (Fsp3) is 0.190. The number of para-hydroxylation sites is 1.